The zero-order valence-corrected chi connectivity index (χ0v) is 15.4. The molecule has 0 unspecified atom stereocenters. The third-order valence-corrected chi connectivity index (χ3v) is 5.96. The summed E-state index contributed by atoms with van der Waals surface area (Å²) in [5.74, 6) is 0.889. The zero-order chi connectivity index (χ0) is 17.1. The van der Waals surface area contributed by atoms with Gasteiger partial charge in [0.1, 0.15) is 0 Å². The molecule has 0 bridgehead atoms. The number of hydrogen-bond donors (Lipinski definition) is 1. The van der Waals surface area contributed by atoms with Crippen molar-refractivity contribution >= 4 is 44.7 Å². The predicted octanol–water partition coefficient (Wildman–Crippen LogP) is 6.04. The van der Waals surface area contributed by atoms with E-state index in [9.17, 15) is 0 Å². The van der Waals surface area contributed by atoms with Crippen LogP contribution >= 0.6 is 23.1 Å². The van der Waals surface area contributed by atoms with Gasteiger partial charge in [0.05, 0.1) is 0 Å². The normalized spacial score (nSPS) is 10.9. The molecular formula is C20H17N3S2. The van der Waals surface area contributed by atoms with Crippen LogP contribution in [0.2, 0.25) is 0 Å². The molecule has 4 rings (SSSR count). The maximum Gasteiger partial charge on any atom is 0.210 e. The number of hydrogen-bond acceptors (Lipinski definition) is 5. The highest BCUT2D eigenvalue weighted by Gasteiger charge is 2.07. The monoisotopic (exact) mass is 363 g/mol. The molecule has 1 heterocycles. The third kappa shape index (κ3) is 3.83. The van der Waals surface area contributed by atoms with Gasteiger partial charge in [-0.25, -0.2) is 0 Å². The Morgan fingerprint density at radius 1 is 0.920 bits per heavy atom. The van der Waals surface area contributed by atoms with E-state index in [1.807, 2.05) is 0 Å². The molecule has 3 aromatic carbocycles. The van der Waals surface area contributed by atoms with Gasteiger partial charge >= 0.3 is 0 Å². The van der Waals surface area contributed by atoms with Gasteiger partial charge in [-0.1, -0.05) is 83.3 Å². The molecule has 124 valence electrons. The van der Waals surface area contributed by atoms with Crippen molar-refractivity contribution in [2.75, 3.05) is 5.32 Å². The number of benzene rings is 3. The molecule has 0 saturated heterocycles. The highest BCUT2D eigenvalue weighted by molar-refractivity contribution is 8.00. The molecule has 25 heavy (non-hydrogen) atoms. The molecule has 0 fully saturated rings. The molecule has 0 aliphatic heterocycles. The summed E-state index contributed by atoms with van der Waals surface area (Å²) in [6, 6.07) is 23.2. The van der Waals surface area contributed by atoms with Gasteiger partial charge in [-0.05, 0) is 35.4 Å². The average Bonchev–Trinajstić information content (AvgIpc) is 3.09. The van der Waals surface area contributed by atoms with E-state index in [1.165, 1.54) is 21.9 Å². The summed E-state index contributed by atoms with van der Waals surface area (Å²) in [5, 5.41) is 15.3. The first kappa shape index (κ1) is 16.1. The van der Waals surface area contributed by atoms with Crippen molar-refractivity contribution in [3.8, 4) is 0 Å². The van der Waals surface area contributed by atoms with Gasteiger partial charge in [0.2, 0.25) is 5.13 Å². The summed E-state index contributed by atoms with van der Waals surface area (Å²) in [7, 11) is 0. The summed E-state index contributed by atoms with van der Waals surface area (Å²) >= 11 is 3.31. The number of rotatable bonds is 5. The van der Waals surface area contributed by atoms with Crippen LogP contribution in [0, 0.1) is 6.92 Å². The molecule has 0 aliphatic rings. The van der Waals surface area contributed by atoms with Crippen LogP contribution in [0.25, 0.3) is 10.8 Å². The van der Waals surface area contributed by atoms with Crippen LogP contribution in [0.3, 0.4) is 0 Å². The molecule has 0 atom stereocenters. The summed E-state index contributed by atoms with van der Waals surface area (Å²) in [6.45, 7) is 2.08. The fourth-order valence-electron chi connectivity index (χ4n) is 2.64. The second-order valence-electron chi connectivity index (χ2n) is 5.79. The van der Waals surface area contributed by atoms with Crippen molar-refractivity contribution in [1.29, 1.82) is 0 Å². The number of thioether (sulfide) groups is 1. The van der Waals surface area contributed by atoms with Gasteiger partial charge in [0, 0.05) is 11.4 Å². The van der Waals surface area contributed by atoms with Crippen molar-refractivity contribution in [3.63, 3.8) is 0 Å². The van der Waals surface area contributed by atoms with Crippen LogP contribution in [-0.2, 0) is 5.75 Å². The van der Waals surface area contributed by atoms with E-state index in [0.29, 0.717) is 0 Å². The van der Waals surface area contributed by atoms with Crippen molar-refractivity contribution in [3.05, 3.63) is 77.9 Å². The van der Waals surface area contributed by atoms with E-state index < -0.39 is 0 Å². The van der Waals surface area contributed by atoms with E-state index in [1.54, 1.807) is 23.1 Å². The summed E-state index contributed by atoms with van der Waals surface area (Å²) in [6.07, 6.45) is 0. The van der Waals surface area contributed by atoms with E-state index in [4.69, 9.17) is 0 Å². The molecular weight excluding hydrogens is 346 g/mol. The van der Waals surface area contributed by atoms with Gasteiger partial charge in [-0.3, -0.25) is 0 Å². The topological polar surface area (TPSA) is 37.8 Å². The third-order valence-electron chi connectivity index (χ3n) is 3.94. The highest BCUT2D eigenvalue weighted by atomic mass is 32.2. The van der Waals surface area contributed by atoms with Gasteiger partial charge in [-0.2, -0.15) is 0 Å². The van der Waals surface area contributed by atoms with Crippen LogP contribution in [0.5, 0.6) is 0 Å². The minimum atomic E-state index is 0.823. The van der Waals surface area contributed by atoms with Crippen LogP contribution in [0.4, 0.5) is 10.8 Å². The number of nitrogens with one attached hydrogen (secondary N) is 1. The van der Waals surface area contributed by atoms with Crippen LogP contribution < -0.4 is 5.32 Å². The number of nitrogens with zero attached hydrogens (tertiary/aromatic N) is 2. The summed E-state index contributed by atoms with van der Waals surface area (Å²) in [4.78, 5) is 0. The van der Waals surface area contributed by atoms with E-state index in [0.717, 1.165) is 20.9 Å². The Hall–Kier alpha value is -2.37. The van der Waals surface area contributed by atoms with Crippen molar-refractivity contribution in [2.45, 2.75) is 17.0 Å². The van der Waals surface area contributed by atoms with Gasteiger partial charge in [0.25, 0.3) is 0 Å². The molecule has 3 nitrogen and oxygen atoms in total. The summed E-state index contributed by atoms with van der Waals surface area (Å²) < 4.78 is 0.975. The van der Waals surface area contributed by atoms with E-state index in [2.05, 4.69) is 89.2 Å². The number of aryl methyl sites for hydroxylation is 1. The smallest absolute Gasteiger partial charge is 0.210 e. The maximum atomic E-state index is 4.29. The quantitative estimate of drug-likeness (QED) is 0.439. The number of anilines is 2. The molecule has 0 spiro atoms. The van der Waals surface area contributed by atoms with Gasteiger partial charge < -0.3 is 5.32 Å². The van der Waals surface area contributed by atoms with Crippen molar-refractivity contribution < 1.29 is 0 Å². The Morgan fingerprint density at radius 2 is 1.72 bits per heavy atom. The van der Waals surface area contributed by atoms with E-state index in [-0.39, 0.29) is 0 Å². The Kier molecular flexibility index (Phi) is 4.68. The lowest BCUT2D eigenvalue weighted by atomic mass is 10.1. The highest BCUT2D eigenvalue weighted by Crippen LogP contribution is 2.31. The van der Waals surface area contributed by atoms with Crippen LogP contribution in [0.1, 0.15) is 11.1 Å². The molecule has 1 N–H and O–H groups in total. The minimum absolute atomic E-state index is 0.823. The minimum Gasteiger partial charge on any atom is -0.330 e. The SMILES string of the molecule is Cc1ccc(Nc2nnc(SCc3cccc4ccccc34)s2)cc1. The lowest BCUT2D eigenvalue weighted by Crippen LogP contribution is -1.88. The maximum absolute atomic E-state index is 4.29. The Morgan fingerprint density at radius 3 is 2.60 bits per heavy atom. The molecule has 0 radical (unpaired) electrons. The number of aromatic nitrogens is 2. The fraction of sp³-hybridized carbons (Fsp3) is 0.100. The first-order valence-electron chi connectivity index (χ1n) is 8.04. The first-order valence-corrected chi connectivity index (χ1v) is 9.85. The van der Waals surface area contributed by atoms with Gasteiger partial charge in [0.15, 0.2) is 4.34 Å². The lowest BCUT2D eigenvalue weighted by molar-refractivity contribution is 1.01. The Labute approximate surface area is 155 Å². The zero-order valence-electron chi connectivity index (χ0n) is 13.8. The van der Waals surface area contributed by atoms with Gasteiger partial charge in [-0.15, -0.1) is 10.2 Å². The average molecular weight is 364 g/mol. The second kappa shape index (κ2) is 7.25. The molecule has 0 amide bonds. The lowest BCUT2D eigenvalue weighted by Gasteiger charge is -2.04. The van der Waals surface area contributed by atoms with Crippen LogP contribution in [-0.4, -0.2) is 10.2 Å². The molecule has 0 saturated carbocycles. The standard InChI is InChI=1S/C20H17N3S2/c1-14-9-11-17(12-10-14)21-19-22-23-20(25-19)24-13-16-7-4-6-15-5-2-3-8-18(15)16/h2-12H,13H2,1H3,(H,21,22). The number of fused-ring (bicyclic) bond motifs is 1. The Balaban J connectivity index is 1.45. The van der Waals surface area contributed by atoms with E-state index >= 15 is 0 Å². The second-order valence-corrected chi connectivity index (χ2v) is 7.99. The molecule has 0 aliphatic carbocycles. The molecule has 5 heteroatoms. The molecule has 4 aromatic rings. The fourth-order valence-corrected chi connectivity index (χ4v) is 4.41. The Bertz CT molecular complexity index is 988. The van der Waals surface area contributed by atoms with Crippen molar-refractivity contribution in [1.82, 2.24) is 10.2 Å². The first-order chi connectivity index (χ1) is 12.3. The predicted molar refractivity (Wildman–Crippen MR) is 108 cm³/mol. The molecule has 1 aromatic heterocycles. The largest absolute Gasteiger partial charge is 0.330 e. The van der Waals surface area contributed by atoms with Crippen molar-refractivity contribution in [2.24, 2.45) is 0 Å². The van der Waals surface area contributed by atoms with Crippen LogP contribution in [0.15, 0.2) is 71.1 Å². The summed E-state index contributed by atoms with van der Waals surface area (Å²) in [5.41, 5.74) is 3.60.